The number of nitrogen functional groups attached to an aromatic ring is 1. The van der Waals surface area contributed by atoms with Crippen molar-refractivity contribution in [1.29, 1.82) is 0 Å². The monoisotopic (exact) mass is 245 g/mol. The van der Waals surface area contributed by atoms with Crippen LogP contribution in [0.2, 0.25) is 0 Å². The number of tetrazole rings is 1. The minimum absolute atomic E-state index is 0.293. The molecule has 2 N–H and O–H groups in total. The number of rotatable bonds is 4. The molecule has 0 saturated heterocycles. The molecule has 18 heavy (non-hydrogen) atoms. The molecular weight excluding hydrogens is 226 g/mol. The van der Waals surface area contributed by atoms with E-state index < -0.39 is 0 Å². The van der Waals surface area contributed by atoms with Gasteiger partial charge in [-0.25, -0.2) is 4.68 Å². The lowest BCUT2D eigenvalue weighted by Gasteiger charge is -2.12. The highest BCUT2D eigenvalue weighted by atomic mass is 15.5. The van der Waals surface area contributed by atoms with Crippen LogP contribution >= 0.6 is 0 Å². The molecule has 1 atom stereocenters. The Labute approximate surface area is 107 Å². The van der Waals surface area contributed by atoms with Crippen LogP contribution in [0.5, 0.6) is 0 Å². The molecule has 0 fully saturated rings. The van der Waals surface area contributed by atoms with E-state index in [1.165, 1.54) is 0 Å². The van der Waals surface area contributed by atoms with E-state index in [2.05, 4.69) is 35.4 Å². The van der Waals surface area contributed by atoms with Crippen LogP contribution in [0.4, 0.5) is 5.69 Å². The van der Waals surface area contributed by atoms with Crippen LogP contribution in [-0.2, 0) is 0 Å². The second kappa shape index (κ2) is 5.16. The maximum atomic E-state index is 5.87. The summed E-state index contributed by atoms with van der Waals surface area (Å²) < 4.78 is 1.87. The SMILES string of the molecule is CCCC(C)n1nnnc1-c1cc(C)cc(N)c1. The van der Waals surface area contributed by atoms with Crippen molar-refractivity contribution in [3.8, 4) is 11.4 Å². The van der Waals surface area contributed by atoms with Crippen molar-refractivity contribution in [2.45, 2.75) is 39.7 Å². The molecule has 0 aliphatic heterocycles. The summed E-state index contributed by atoms with van der Waals surface area (Å²) in [7, 11) is 0. The summed E-state index contributed by atoms with van der Waals surface area (Å²) in [5, 5.41) is 12.0. The number of nitrogens with two attached hydrogens (primary N) is 1. The van der Waals surface area contributed by atoms with Crippen molar-refractivity contribution in [2.75, 3.05) is 5.73 Å². The van der Waals surface area contributed by atoms with E-state index in [0.717, 1.165) is 35.5 Å². The fourth-order valence-corrected chi connectivity index (χ4v) is 2.16. The summed E-state index contributed by atoms with van der Waals surface area (Å²) in [5.74, 6) is 0.784. The Morgan fingerprint density at radius 2 is 2.11 bits per heavy atom. The number of hydrogen-bond donors (Lipinski definition) is 1. The van der Waals surface area contributed by atoms with Crippen molar-refractivity contribution >= 4 is 5.69 Å². The Balaban J connectivity index is 2.42. The number of nitrogens with zero attached hydrogens (tertiary/aromatic N) is 4. The van der Waals surface area contributed by atoms with E-state index in [-0.39, 0.29) is 0 Å². The predicted octanol–water partition coefficient (Wildman–Crippen LogP) is 2.59. The minimum atomic E-state index is 0.293. The van der Waals surface area contributed by atoms with Crippen molar-refractivity contribution < 1.29 is 0 Å². The van der Waals surface area contributed by atoms with E-state index in [0.29, 0.717) is 6.04 Å². The molecule has 2 aromatic rings. The average Bonchev–Trinajstić information content (AvgIpc) is 2.76. The molecular formula is C13H19N5. The fraction of sp³-hybridized carbons (Fsp3) is 0.462. The Kier molecular flexibility index (Phi) is 3.60. The third-order valence-electron chi connectivity index (χ3n) is 2.97. The van der Waals surface area contributed by atoms with Gasteiger partial charge in [-0.15, -0.1) is 5.10 Å². The molecule has 0 spiro atoms. The molecule has 1 heterocycles. The first-order valence-electron chi connectivity index (χ1n) is 6.27. The highest BCUT2D eigenvalue weighted by Gasteiger charge is 2.14. The zero-order valence-electron chi connectivity index (χ0n) is 11.1. The highest BCUT2D eigenvalue weighted by Crippen LogP contribution is 2.24. The summed E-state index contributed by atoms with van der Waals surface area (Å²) in [6.07, 6.45) is 2.16. The quantitative estimate of drug-likeness (QED) is 0.840. The number of aromatic nitrogens is 4. The minimum Gasteiger partial charge on any atom is -0.399 e. The van der Waals surface area contributed by atoms with E-state index in [1.54, 1.807) is 0 Å². The van der Waals surface area contributed by atoms with Gasteiger partial charge in [0.1, 0.15) is 0 Å². The first-order valence-corrected chi connectivity index (χ1v) is 6.27. The Morgan fingerprint density at radius 3 is 2.78 bits per heavy atom. The van der Waals surface area contributed by atoms with Gasteiger partial charge < -0.3 is 5.73 Å². The maximum Gasteiger partial charge on any atom is 0.182 e. The molecule has 5 nitrogen and oxygen atoms in total. The maximum absolute atomic E-state index is 5.87. The summed E-state index contributed by atoms with van der Waals surface area (Å²) in [6.45, 7) is 6.30. The van der Waals surface area contributed by atoms with Crippen LogP contribution in [0.3, 0.4) is 0 Å². The molecule has 1 aromatic heterocycles. The molecule has 0 aliphatic carbocycles. The molecule has 5 heteroatoms. The lowest BCUT2D eigenvalue weighted by molar-refractivity contribution is 0.447. The molecule has 0 bridgehead atoms. The third kappa shape index (κ3) is 2.50. The summed E-state index contributed by atoms with van der Waals surface area (Å²) >= 11 is 0. The Bertz CT molecular complexity index is 512. The van der Waals surface area contributed by atoms with Crippen LogP contribution in [-0.4, -0.2) is 20.2 Å². The number of aryl methyl sites for hydroxylation is 1. The van der Waals surface area contributed by atoms with Crippen LogP contribution in [0.15, 0.2) is 18.2 Å². The van der Waals surface area contributed by atoms with Gasteiger partial charge in [0.25, 0.3) is 0 Å². The molecule has 1 unspecified atom stereocenters. The molecule has 96 valence electrons. The Hall–Kier alpha value is -1.91. The third-order valence-corrected chi connectivity index (χ3v) is 2.97. The van der Waals surface area contributed by atoms with Crippen molar-refractivity contribution in [3.05, 3.63) is 23.8 Å². The van der Waals surface area contributed by atoms with Crippen LogP contribution < -0.4 is 5.73 Å². The van der Waals surface area contributed by atoms with Crippen LogP contribution in [0.1, 0.15) is 38.3 Å². The first kappa shape index (κ1) is 12.5. The number of anilines is 1. The van der Waals surface area contributed by atoms with E-state index in [9.17, 15) is 0 Å². The molecule has 2 rings (SSSR count). The topological polar surface area (TPSA) is 69.6 Å². The van der Waals surface area contributed by atoms with Gasteiger partial charge in [-0.3, -0.25) is 0 Å². The standard InChI is InChI=1S/C13H19N5/c1-4-5-10(3)18-13(15-16-17-18)11-6-9(2)7-12(14)8-11/h6-8,10H,4-5,14H2,1-3H3. The second-order valence-corrected chi connectivity index (χ2v) is 4.72. The smallest absolute Gasteiger partial charge is 0.182 e. The molecule has 0 radical (unpaired) electrons. The van der Waals surface area contributed by atoms with Crippen molar-refractivity contribution in [3.63, 3.8) is 0 Å². The van der Waals surface area contributed by atoms with E-state index in [1.807, 2.05) is 23.7 Å². The molecule has 0 amide bonds. The van der Waals surface area contributed by atoms with E-state index in [4.69, 9.17) is 5.73 Å². The van der Waals surface area contributed by atoms with Gasteiger partial charge in [-0.05, 0) is 54.5 Å². The van der Waals surface area contributed by atoms with Crippen molar-refractivity contribution in [2.24, 2.45) is 0 Å². The lowest BCUT2D eigenvalue weighted by atomic mass is 10.1. The van der Waals surface area contributed by atoms with Gasteiger partial charge in [0, 0.05) is 11.3 Å². The van der Waals surface area contributed by atoms with Gasteiger partial charge in [0.05, 0.1) is 6.04 Å². The number of benzene rings is 1. The molecule has 0 saturated carbocycles. The van der Waals surface area contributed by atoms with Gasteiger partial charge in [-0.2, -0.15) is 0 Å². The summed E-state index contributed by atoms with van der Waals surface area (Å²) in [6, 6.07) is 6.19. The Morgan fingerprint density at radius 1 is 1.33 bits per heavy atom. The normalized spacial score (nSPS) is 12.6. The average molecular weight is 245 g/mol. The van der Waals surface area contributed by atoms with Crippen LogP contribution in [0, 0.1) is 6.92 Å². The van der Waals surface area contributed by atoms with Crippen LogP contribution in [0.25, 0.3) is 11.4 Å². The van der Waals surface area contributed by atoms with Crippen molar-refractivity contribution in [1.82, 2.24) is 20.2 Å². The largest absolute Gasteiger partial charge is 0.399 e. The molecule has 0 aliphatic rings. The highest BCUT2D eigenvalue weighted by molar-refractivity contribution is 5.62. The fourth-order valence-electron chi connectivity index (χ4n) is 2.16. The lowest BCUT2D eigenvalue weighted by Crippen LogP contribution is -2.09. The molecule has 1 aromatic carbocycles. The summed E-state index contributed by atoms with van der Waals surface area (Å²) in [5.41, 5.74) is 8.70. The van der Waals surface area contributed by atoms with E-state index >= 15 is 0 Å². The zero-order valence-corrected chi connectivity index (χ0v) is 11.1. The zero-order chi connectivity index (χ0) is 13.1. The van der Waals surface area contributed by atoms with Gasteiger partial charge in [0.2, 0.25) is 0 Å². The summed E-state index contributed by atoms with van der Waals surface area (Å²) in [4.78, 5) is 0. The van der Waals surface area contributed by atoms with Gasteiger partial charge in [-0.1, -0.05) is 13.3 Å². The van der Waals surface area contributed by atoms with Gasteiger partial charge in [0.15, 0.2) is 5.82 Å². The predicted molar refractivity (Wildman–Crippen MR) is 72.0 cm³/mol. The second-order valence-electron chi connectivity index (χ2n) is 4.72. The van der Waals surface area contributed by atoms with Gasteiger partial charge >= 0.3 is 0 Å². The first-order chi connectivity index (χ1) is 8.61. The number of hydrogen-bond acceptors (Lipinski definition) is 4.